The Morgan fingerprint density at radius 1 is 1.08 bits per heavy atom. The number of halogens is 3. The van der Waals surface area contributed by atoms with Gasteiger partial charge in [0.2, 0.25) is 11.8 Å². The molecule has 8 heteroatoms. The summed E-state index contributed by atoms with van der Waals surface area (Å²) >= 11 is 17.9. The lowest BCUT2D eigenvalue weighted by Crippen LogP contribution is -2.35. The van der Waals surface area contributed by atoms with Gasteiger partial charge in [-0.1, -0.05) is 40.9 Å². The number of hydrogen-bond acceptors (Lipinski definition) is 3. The fraction of sp³-hybridized carbons (Fsp3) is 0.222. The maximum absolute atomic E-state index is 12.3. The lowest BCUT2D eigenvalue weighted by molar-refractivity contribution is -0.132. The first-order valence-corrected chi connectivity index (χ1v) is 8.75. The molecule has 0 saturated carbocycles. The zero-order chi connectivity index (χ0) is 19.3. The number of nitrogens with zero attached hydrogens (tertiary/aromatic N) is 1. The van der Waals surface area contributed by atoms with E-state index < -0.39 is 0 Å². The highest BCUT2D eigenvalue weighted by Crippen LogP contribution is 2.27. The molecule has 2 aromatic carbocycles. The Morgan fingerprint density at radius 3 is 2.38 bits per heavy atom. The van der Waals surface area contributed by atoms with Crippen LogP contribution in [0.15, 0.2) is 36.4 Å². The van der Waals surface area contributed by atoms with Crippen molar-refractivity contribution in [2.45, 2.75) is 6.42 Å². The number of carbonyl (C=O) groups excluding carboxylic acids is 2. The molecule has 0 aliphatic carbocycles. The molecule has 0 bridgehead atoms. The van der Waals surface area contributed by atoms with Gasteiger partial charge >= 0.3 is 0 Å². The number of nitrogens with one attached hydrogen (secondary N) is 1. The van der Waals surface area contributed by atoms with Crippen LogP contribution in [0.25, 0.3) is 0 Å². The van der Waals surface area contributed by atoms with Gasteiger partial charge in [0.25, 0.3) is 0 Å². The summed E-state index contributed by atoms with van der Waals surface area (Å²) in [4.78, 5) is 25.9. The summed E-state index contributed by atoms with van der Waals surface area (Å²) in [5, 5.41) is 4.05. The third-order valence-corrected chi connectivity index (χ3v) is 4.42. The number of hydrogen-bond donors (Lipinski definition) is 1. The SMILES string of the molecule is COc1ccc(Cl)cc1NC(=O)CN(C)C(=O)Cc1ccc(Cl)cc1Cl. The molecule has 2 rings (SSSR count). The van der Waals surface area contributed by atoms with E-state index in [0.717, 1.165) is 0 Å². The first-order valence-electron chi connectivity index (χ1n) is 7.61. The molecule has 0 atom stereocenters. The molecule has 0 unspecified atom stereocenters. The summed E-state index contributed by atoms with van der Waals surface area (Å²) in [6.07, 6.45) is 0.0697. The van der Waals surface area contributed by atoms with Gasteiger partial charge in [0.15, 0.2) is 0 Å². The average Bonchev–Trinajstić information content (AvgIpc) is 2.57. The molecule has 0 heterocycles. The van der Waals surface area contributed by atoms with Gasteiger partial charge in [-0.05, 0) is 35.9 Å². The fourth-order valence-corrected chi connectivity index (χ4v) is 2.88. The predicted octanol–water partition coefficient (Wildman–Crippen LogP) is 4.30. The largest absolute Gasteiger partial charge is 0.495 e. The molecule has 0 saturated heterocycles. The van der Waals surface area contributed by atoms with Gasteiger partial charge in [-0.2, -0.15) is 0 Å². The highest BCUT2D eigenvalue weighted by Gasteiger charge is 2.16. The number of likely N-dealkylation sites (N-methyl/N-ethyl adjacent to an activating group) is 1. The summed E-state index contributed by atoms with van der Waals surface area (Å²) in [7, 11) is 3.03. The Morgan fingerprint density at radius 2 is 1.73 bits per heavy atom. The number of benzene rings is 2. The summed E-state index contributed by atoms with van der Waals surface area (Å²) in [6.45, 7) is -0.125. The van der Waals surface area contributed by atoms with Gasteiger partial charge in [-0.25, -0.2) is 0 Å². The van der Waals surface area contributed by atoms with Crippen LogP contribution in [-0.2, 0) is 16.0 Å². The van der Waals surface area contributed by atoms with Crippen LogP contribution in [0.2, 0.25) is 15.1 Å². The monoisotopic (exact) mass is 414 g/mol. The number of rotatable bonds is 6. The van der Waals surface area contributed by atoms with Crippen LogP contribution in [0, 0.1) is 0 Å². The van der Waals surface area contributed by atoms with Crippen LogP contribution in [0.4, 0.5) is 5.69 Å². The Labute approximate surface area is 166 Å². The number of carbonyl (C=O) groups is 2. The normalized spacial score (nSPS) is 10.3. The Balaban J connectivity index is 1.98. The number of amides is 2. The molecular weight excluding hydrogens is 399 g/mol. The van der Waals surface area contributed by atoms with E-state index in [1.807, 2.05) is 0 Å². The molecular formula is C18H17Cl3N2O3. The van der Waals surface area contributed by atoms with Crippen molar-refractivity contribution in [2.24, 2.45) is 0 Å². The smallest absolute Gasteiger partial charge is 0.244 e. The summed E-state index contributed by atoms with van der Waals surface area (Å²) in [6, 6.07) is 9.80. The summed E-state index contributed by atoms with van der Waals surface area (Å²) < 4.78 is 5.18. The van der Waals surface area contributed by atoms with Crippen LogP contribution in [-0.4, -0.2) is 37.4 Å². The molecule has 0 radical (unpaired) electrons. The second-order valence-electron chi connectivity index (χ2n) is 5.56. The quantitative estimate of drug-likeness (QED) is 0.765. The van der Waals surface area contributed by atoms with E-state index in [4.69, 9.17) is 39.5 Å². The average molecular weight is 416 g/mol. The molecule has 5 nitrogen and oxygen atoms in total. The molecule has 26 heavy (non-hydrogen) atoms. The first kappa shape index (κ1) is 20.4. The Hall–Kier alpha value is -1.95. The molecule has 0 aliphatic heterocycles. The van der Waals surface area contributed by atoms with Crippen LogP contribution >= 0.6 is 34.8 Å². The van der Waals surface area contributed by atoms with Gasteiger partial charge in [0.1, 0.15) is 5.75 Å². The third-order valence-electron chi connectivity index (χ3n) is 3.60. The van der Waals surface area contributed by atoms with Crippen molar-refractivity contribution in [1.82, 2.24) is 4.90 Å². The van der Waals surface area contributed by atoms with Crippen molar-refractivity contribution < 1.29 is 14.3 Å². The third kappa shape index (κ3) is 5.53. The van der Waals surface area contributed by atoms with E-state index in [-0.39, 0.29) is 24.8 Å². The van der Waals surface area contributed by atoms with E-state index in [1.165, 1.54) is 12.0 Å². The minimum Gasteiger partial charge on any atom is -0.495 e. The zero-order valence-electron chi connectivity index (χ0n) is 14.2. The van der Waals surface area contributed by atoms with Crippen molar-refractivity contribution in [3.63, 3.8) is 0 Å². The molecule has 0 aromatic heterocycles. The van der Waals surface area contributed by atoms with E-state index in [9.17, 15) is 9.59 Å². The van der Waals surface area contributed by atoms with Crippen molar-refractivity contribution >= 4 is 52.3 Å². The lowest BCUT2D eigenvalue weighted by atomic mass is 10.1. The topological polar surface area (TPSA) is 58.6 Å². The Bertz CT molecular complexity index is 827. The standard InChI is InChI=1S/C18H17Cl3N2O3/c1-23(18(25)7-11-3-4-12(19)8-14(11)21)10-17(24)22-15-9-13(20)5-6-16(15)26-2/h3-6,8-9H,7,10H2,1-2H3,(H,22,24). The van der Waals surface area contributed by atoms with Crippen molar-refractivity contribution in [3.8, 4) is 5.75 Å². The van der Waals surface area contributed by atoms with E-state index >= 15 is 0 Å². The Kier molecular flexibility index (Phi) is 7.14. The molecule has 0 spiro atoms. The second-order valence-corrected chi connectivity index (χ2v) is 6.84. The number of ether oxygens (including phenoxy) is 1. The van der Waals surface area contributed by atoms with Gasteiger partial charge in [0, 0.05) is 22.1 Å². The first-order chi connectivity index (χ1) is 12.3. The second kappa shape index (κ2) is 9.12. The van der Waals surface area contributed by atoms with E-state index in [0.29, 0.717) is 32.1 Å². The summed E-state index contributed by atoms with van der Waals surface area (Å²) in [5.74, 6) is -0.143. The maximum atomic E-state index is 12.3. The van der Waals surface area contributed by atoms with Gasteiger partial charge in [0.05, 0.1) is 25.8 Å². The van der Waals surface area contributed by atoms with E-state index in [2.05, 4.69) is 5.32 Å². The van der Waals surface area contributed by atoms with Gasteiger partial charge in [-0.15, -0.1) is 0 Å². The minimum absolute atomic E-state index is 0.0697. The van der Waals surface area contributed by atoms with Crippen molar-refractivity contribution in [1.29, 1.82) is 0 Å². The van der Waals surface area contributed by atoms with Crippen LogP contribution < -0.4 is 10.1 Å². The maximum Gasteiger partial charge on any atom is 0.244 e. The van der Waals surface area contributed by atoms with Crippen LogP contribution in [0.5, 0.6) is 5.75 Å². The highest BCUT2D eigenvalue weighted by molar-refractivity contribution is 6.35. The molecule has 0 aliphatic rings. The minimum atomic E-state index is -0.372. The lowest BCUT2D eigenvalue weighted by Gasteiger charge is -2.18. The van der Waals surface area contributed by atoms with Crippen LogP contribution in [0.1, 0.15) is 5.56 Å². The number of methoxy groups -OCH3 is 1. The molecule has 0 fully saturated rings. The highest BCUT2D eigenvalue weighted by atomic mass is 35.5. The van der Waals surface area contributed by atoms with Gasteiger partial charge < -0.3 is 15.0 Å². The predicted molar refractivity (Wildman–Crippen MR) is 104 cm³/mol. The zero-order valence-corrected chi connectivity index (χ0v) is 16.5. The van der Waals surface area contributed by atoms with Gasteiger partial charge in [-0.3, -0.25) is 9.59 Å². The van der Waals surface area contributed by atoms with Crippen molar-refractivity contribution in [3.05, 3.63) is 57.0 Å². The molecule has 138 valence electrons. The fourth-order valence-electron chi connectivity index (χ4n) is 2.23. The van der Waals surface area contributed by atoms with Crippen molar-refractivity contribution in [2.75, 3.05) is 26.0 Å². The molecule has 1 N–H and O–H groups in total. The molecule has 2 aromatic rings. The van der Waals surface area contributed by atoms with E-state index in [1.54, 1.807) is 43.4 Å². The molecule has 2 amide bonds. The number of anilines is 1. The van der Waals surface area contributed by atoms with Crippen LogP contribution in [0.3, 0.4) is 0 Å². The summed E-state index contributed by atoms with van der Waals surface area (Å²) in [5.41, 5.74) is 1.08.